The van der Waals surface area contributed by atoms with E-state index in [0.29, 0.717) is 18.0 Å². The van der Waals surface area contributed by atoms with E-state index in [1.807, 2.05) is 68.4 Å². The van der Waals surface area contributed by atoms with E-state index in [-0.39, 0.29) is 11.8 Å². The molecule has 0 aromatic heterocycles. The summed E-state index contributed by atoms with van der Waals surface area (Å²) in [4.78, 5) is 12.3. The number of carbonyl (C=O) groups excluding carboxylic acids is 1. The Morgan fingerprint density at radius 2 is 1.75 bits per heavy atom. The third-order valence-corrected chi connectivity index (χ3v) is 3.14. The highest BCUT2D eigenvalue weighted by Gasteiger charge is 2.16. The molecule has 0 fully saturated rings. The minimum Gasteiger partial charge on any atom is -0.492 e. The fourth-order valence-corrected chi connectivity index (χ4v) is 1.99. The lowest BCUT2D eigenvalue weighted by Crippen LogP contribution is -2.19. The van der Waals surface area contributed by atoms with Crippen LogP contribution in [0.3, 0.4) is 0 Å². The van der Waals surface area contributed by atoms with Crippen LogP contribution in [0.15, 0.2) is 54.6 Å². The van der Waals surface area contributed by atoms with Gasteiger partial charge in [-0.1, -0.05) is 42.5 Å². The molecule has 1 N–H and O–H groups in total. The molecule has 0 aliphatic rings. The van der Waals surface area contributed by atoms with E-state index in [1.165, 1.54) is 0 Å². The Morgan fingerprint density at radius 3 is 2.45 bits per heavy atom. The molecule has 1 atom stereocenters. The number of anilines is 1. The number of ether oxygens (including phenoxy) is 1. The van der Waals surface area contributed by atoms with Gasteiger partial charge < -0.3 is 10.1 Å². The smallest absolute Gasteiger partial charge is 0.231 e. The molecule has 3 nitrogen and oxygen atoms in total. The summed E-state index contributed by atoms with van der Waals surface area (Å²) in [5, 5.41) is 2.93. The monoisotopic (exact) mass is 269 g/mol. The molecule has 0 aliphatic carbocycles. The van der Waals surface area contributed by atoms with Crippen molar-refractivity contribution in [2.45, 2.75) is 19.8 Å². The fourth-order valence-electron chi connectivity index (χ4n) is 1.99. The molecule has 1 unspecified atom stereocenters. The van der Waals surface area contributed by atoms with E-state index in [2.05, 4.69) is 5.32 Å². The quantitative estimate of drug-likeness (QED) is 0.896. The maximum absolute atomic E-state index is 12.3. The van der Waals surface area contributed by atoms with Crippen LogP contribution in [0.2, 0.25) is 0 Å². The molecular formula is C17H19NO2. The molecule has 0 saturated heterocycles. The number of hydrogen-bond acceptors (Lipinski definition) is 2. The summed E-state index contributed by atoms with van der Waals surface area (Å²) in [6, 6.07) is 17.2. The largest absolute Gasteiger partial charge is 0.492 e. The lowest BCUT2D eigenvalue weighted by molar-refractivity contribution is -0.117. The van der Waals surface area contributed by atoms with Crippen molar-refractivity contribution in [1.29, 1.82) is 0 Å². The molecule has 0 aliphatic heterocycles. The van der Waals surface area contributed by atoms with Gasteiger partial charge >= 0.3 is 0 Å². The van der Waals surface area contributed by atoms with Gasteiger partial charge in [-0.3, -0.25) is 4.79 Å². The van der Waals surface area contributed by atoms with Crippen molar-refractivity contribution in [3.05, 3.63) is 60.2 Å². The SMILES string of the molecule is CCOc1ccccc1NC(=O)C(C)c1ccccc1. The maximum Gasteiger partial charge on any atom is 0.231 e. The molecular weight excluding hydrogens is 250 g/mol. The summed E-state index contributed by atoms with van der Waals surface area (Å²) in [6.45, 7) is 4.39. The molecule has 1 amide bonds. The lowest BCUT2D eigenvalue weighted by atomic mass is 10.0. The van der Waals surface area contributed by atoms with E-state index in [9.17, 15) is 4.79 Å². The second-order valence-electron chi connectivity index (χ2n) is 4.55. The molecule has 0 radical (unpaired) electrons. The Morgan fingerprint density at radius 1 is 1.10 bits per heavy atom. The maximum atomic E-state index is 12.3. The summed E-state index contributed by atoms with van der Waals surface area (Å²) in [5.74, 6) is 0.456. The van der Waals surface area contributed by atoms with Gasteiger partial charge in [-0.15, -0.1) is 0 Å². The van der Waals surface area contributed by atoms with Crippen molar-refractivity contribution in [3.8, 4) is 5.75 Å². The summed E-state index contributed by atoms with van der Waals surface area (Å²) >= 11 is 0. The molecule has 0 heterocycles. The van der Waals surface area contributed by atoms with Gasteiger partial charge in [0.05, 0.1) is 18.2 Å². The highest BCUT2D eigenvalue weighted by molar-refractivity contribution is 5.96. The molecule has 2 aromatic carbocycles. The van der Waals surface area contributed by atoms with Crippen LogP contribution in [0.4, 0.5) is 5.69 Å². The van der Waals surface area contributed by atoms with Crippen molar-refractivity contribution in [2.75, 3.05) is 11.9 Å². The Balaban J connectivity index is 2.12. The number of hydrogen-bond donors (Lipinski definition) is 1. The normalized spacial score (nSPS) is 11.7. The number of nitrogens with one attached hydrogen (secondary N) is 1. The minimum atomic E-state index is -0.203. The molecule has 0 saturated carbocycles. The predicted octanol–water partition coefficient (Wildman–Crippen LogP) is 3.83. The minimum absolute atomic E-state index is 0.0386. The van der Waals surface area contributed by atoms with E-state index in [1.54, 1.807) is 0 Å². The van der Waals surface area contributed by atoms with Gasteiger partial charge in [0, 0.05) is 0 Å². The van der Waals surface area contributed by atoms with Crippen molar-refractivity contribution in [3.63, 3.8) is 0 Å². The van der Waals surface area contributed by atoms with Gasteiger partial charge in [0.2, 0.25) is 5.91 Å². The summed E-state index contributed by atoms with van der Waals surface area (Å²) in [7, 11) is 0. The van der Waals surface area contributed by atoms with E-state index >= 15 is 0 Å². The first-order valence-corrected chi connectivity index (χ1v) is 6.80. The molecule has 20 heavy (non-hydrogen) atoms. The number of rotatable bonds is 5. The second-order valence-corrected chi connectivity index (χ2v) is 4.55. The molecule has 104 valence electrons. The Kier molecular flexibility index (Phi) is 4.77. The summed E-state index contributed by atoms with van der Waals surface area (Å²) in [5.41, 5.74) is 1.71. The van der Waals surface area contributed by atoms with E-state index in [0.717, 1.165) is 5.56 Å². The topological polar surface area (TPSA) is 38.3 Å². The standard InChI is InChI=1S/C17H19NO2/c1-3-20-16-12-8-7-11-15(16)18-17(19)13(2)14-9-5-4-6-10-14/h4-13H,3H2,1-2H3,(H,18,19). The second kappa shape index (κ2) is 6.75. The summed E-state index contributed by atoms with van der Waals surface area (Å²) < 4.78 is 5.51. The lowest BCUT2D eigenvalue weighted by Gasteiger charge is -2.15. The Hall–Kier alpha value is -2.29. The van der Waals surface area contributed by atoms with Gasteiger partial charge in [0.25, 0.3) is 0 Å². The van der Waals surface area contributed by atoms with Crippen molar-refractivity contribution in [2.24, 2.45) is 0 Å². The fraction of sp³-hybridized carbons (Fsp3) is 0.235. The highest BCUT2D eigenvalue weighted by atomic mass is 16.5. The van der Waals surface area contributed by atoms with Gasteiger partial charge in [-0.25, -0.2) is 0 Å². The van der Waals surface area contributed by atoms with Crippen LogP contribution in [0, 0.1) is 0 Å². The van der Waals surface area contributed by atoms with Gasteiger partial charge in [0.15, 0.2) is 0 Å². The van der Waals surface area contributed by atoms with Gasteiger partial charge in [-0.05, 0) is 31.5 Å². The zero-order valence-electron chi connectivity index (χ0n) is 11.8. The van der Waals surface area contributed by atoms with Gasteiger partial charge in [-0.2, -0.15) is 0 Å². The molecule has 2 rings (SSSR count). The first-order chi connectivity index (χ1) is 9.72. The predicted molar refractivity (Wildman–Crippen MR) is 81.1 cm³/mol. The average Bonchev–Trinajstić information content (AvgIpc) is 2.49. The van der Waals surface area contributed by atoms with Crippen LogP contribution in [0.1, 0.15) is 25.3 Å². The highest BCUT2D eigenvalue weighted by Crippen LogP contribution is 2.25. The van der Waals surface area contributed by atoms with Gasteiger partial charge in [0.1, 0.15) is 5.75 Å². The zero-order chi connectivity index (χ0) is 14.4. The number of benzene rings is 2. The van der Waals surface area contributed by atoms with Crippen molar-refractivity contribution < 1.29 is 9.53 Å². The third-order valence-electron chi connectivity index (χ3n) is 3.14. The molecule has 0 bridgehead atoms. The van der Waals surface area contributed by atoms with Crippen LogP contribution < -0.4 is 10.1 Å². The molecule has 3 heteroatoms. The number of carbonyl (C=O) groups is 1. The van der Waals surface area contributed by atoms with Crippen LogP contribution in [-0.2, 0) is 4.79 Å². The van der Waals surface area contributed by atoms with Crippen LogP contribution in [0.25, 0.3) is 0 Å². The number of amides is 1. The number of para-hydroxylation sites is 2. The zero-order valence-corrected chi connectivity index (χ0v) is 11.8. The van der Waals surface area contributed by atoms with Crippen molar-refractivity contribution >= 4 is 11.6 Å². The molecule has 2 aromatic rings. The molecule has 0 spiro atoms. The summed E-state index contributed by atoms with van der Waals surface area (Å²) in [6.07, 6.45) is 0. The van der Waals surface area contributed by atoms with E-state index in [4.69, 9.17) is 4.74 Å². The first-order valence-electron chi connectivity index (χ1n) is 6.80. The third kappa shape index (κ3) is 3.38. The van der Waals surface area contributed by atoms with E-state index < -0.39 is 0 Å². The Bertz CT molecular complexity index is 566. The average molecular weight is 269 g/mol. The Labute approximate surface area is 119 Å². The first kappa shape index (κ1) is 14.1. The van der Waals surface area contributed by atoms with Crippen LogP contribution >= 0.6 is 0 Å². The van der Waals surface area contributed by atoms with Crippen LogP contribution in [0.5, 0.6) is 5.75 Å². The van der Waals surface area contributed by atoms with Crippen molar-refractivity contribution in [1.82, 2.24) is 0 Å². The van der Waals surface area contributed by atoms with Crippen LogP contribution in [-0.4, -0.2) is 12.5 Å².